The Labute approximate surface area is 207 Å². The standard InChI is InChI=1S/C24H31F3N6O3/c1-23(2,3)19(32-22(36)24(25,26)27)21(35)30-17(10-13-8-9-13)20(34)31-18(11-28)15-12-29-33-16-7-5-4-6-14(15)16/h4-7,13,15,17-19,29,33H,8-10,12H2,1-3H3,(H,30,35)(H,31,34)(H,32,36). The average Bonchev–Trinajstić information content (AvgIpc) is 3.62. The number of benzene rings is 1. The van der Waals surface area contributed by atoms with E-state index in [1.54, 1.807) is 5.32 Å². The molecule has 0 bridgehead atoms. The molecule has 4 unspecified atom stereocenters. The molecule has 1 aliphatic carbocycles. The molecule has 9 nitrogen and oxygen atoms in total. The minimum Gasteiger partial charge on any atom is -0.342 e. The van der Waals surface area contributed by atoms with Gasteiger partial charge in [0, 0.05) is 12.5 Å². The molecule has 4 atom stereocenters. The molecule has 36 heavy (non-hydrogen) atoms. The molecule has 1 aliphatic heterocycles. The number of carbonyl (C=O) groups excluding carboxylic acids is 3. The summed E-state index contributed by atoms with van der Waals surface area (Å²) in [5, 5.41) is 16.8. The van der Waals surface area contributed by atoms with Crippen LogP contribution >= 0.6 is 0 Å². The van der Waals surface area contributed by atoms with E-state index in [9.17, 15) is 32.8 Å². The van der Waals surface area contributed by atoms with Gasteiger partial charge in [0.15, 0.2) is 0 Å². The first kappa shape index (κ1) is 27.3. The van der Waals surface area contributed by atoms with Gasteiger partial charge in [0.1, 0.15) is 18.1 Å². The Bertz CT molecular complexity index is 1030. The van der Waals surface area contributed by atoms with Gasteiger partial charge in [-0.05, 0) is 29.4 Å². The highest BCUT2D eigenvalue weighted by Gasteiger charge is 2.44. The highest BCUT2D eigenvalue weighted by Crippen LogP contribution is 2.34. The van der Waals surface area contributed by atoms with E-state index in [2.05, 4.69) is 27.6 Å². The van der Waals surface area contributed by atoms with Crippen LogP contribution < -0.4 is 26.8 Å². The number of nitrogens with zero attached hydrogens (tertiary/aromatic N) is 1. The highest BCUT2D eigenvalue weighted by atomic mass is 19.4. The number of nitriles is 1. The normalized spacial score (nSPS) is 20.0. The number of fused-ring (bicyclic) bond motifs is 1. The van der Waals surface area contributed by atoms with Gasteiger partial charge in [-0.1, -0.05) is 51.8 Å². The fourth-order valence-electron chi connectivity index (χ4n) is 4.14. The first-order valence-electron chi connectivity index (χ1n) is 11.8. The minimum absolute atomic E-state index is 0.181. The Balaban J connectivity index is 1.76. The van der Waals surface area contributed by atoms with E-state index < -0.39 is 47.4 Å². The monoisotopic (exact) mass is 508 g/mol. The lowest BCUT2D eigenvalue weighted by Gasteiger charge is -2.33. The first-order chi connectivity index (χ1) is 16.8. The van der Waals surface area contributed by atoms with Crippen LogP contribution in [0.15, 0.2) is 24.3 Å². The molecule has 196 valence electrons. The molecule has 1 aromatic rings. The average molecular weight is 509 g/mol. The Morgan fingerprint density at radius 2 is 1.75 bits per heavy atom. The second-order valence-electron chi connectivity index (χ2n) is 10.3. The van der Waals surface area contributed by atoms with Crippen LogP contribution in [0.3, 0.4) is 0 Å². The van der Waals surface area contributed by atoms with Gasteiger partial charge in [0.05, 0.1) is 11.8 Å². The predicted octanol–water partition coefficient (Wildman–Crippen LogP) is 2.09. The SMILES string of the molecule is CC(C)(C)C(NC(=O)C(F)(F)F)C(=O)NC(CC1CC1)C(=O)NC(C#N)C1CNNc2ccccc21. The van der Waals surface area contributed by atoms with Crippen molar-refractivity contribution in [1.82, 2.24) is 21.4 Å². The Morgan fingerprint density at radius 3 is 2.33 bits per heavy atom. The Morgan fingerprint density at radius 1 is 1.08 bits per heavy atom. The molecule has 2 aliphatic rings. The number of para-hydroxylation sites is 1. The van der Waals surface area contributed by atoms with Crippen LogP contribution in [-0.2, 0) is 14.4 Å². The van der Waals surface area contributed by atoms with Crippen LogP contribution in [0.2, 0.25) is 0 Å². The number of halogens is 3. The molecular weight excluding hydrogens is 477 g/mol. The maximum atomic E-state index is 13.2. The zero-order chi connectivity index (χ0) is 26.7. The largest absolute Gasteiger partial charge is 0.471 e. The summed E-state index contributed by atoms with van der Waals surface area (Å²) in [6.45, 7) is 4.90. The van der Waals surface area contributed by atoms with Gasteiger partial charge in [-0.2, -0.15) is 18.4 Å². The summed E-state index contributed by atoms with van der Waals surface area (Å²) in [6.07, 6.45) is -3.16. The highest BCUT2D eigenvalue weighted by molar-refractivity contribution is 5.93. The number of anilines is 1. The van der Waals surface area contributed by atoms with Crippen molar-refractivity contribution in [3.63, 3.8) is 0 Å². The van der Waals surface area contributed by atoms with E-state index in [1.165, 1.54) is 20.8 Å². The van der Waals surface area contributed by atoms with Crippen molar-refractivity contribution in [3.8, 4) is 6.07 Å². The molecule has 1 aromatic carbocycles. The Hall–Kier alpha value is -3.33. The van der Waals surface area contributed by atoms with Crippen molar-refractivity contribution < 1.29 is 27.6 Å². The number of alkyl halides is 3. The lowest BCUT2D eigenvalue weighted by atomic mass is 9.85. The number of rotatable bonds is 8. The molecule has 0 spiro atoms. The number of hydrogen-bond donors (Lipinski definition) is 5. The second-order valence-corrected chi connectivity index (χ2v) is 10.3. The van der Waals surface area contributed by atoms with Crippen LogP contribution in [0.1, 0.15) is 51.5 Å². The van der Waals surface area contributed by atoms with Crippen molar-refractivity contribution in [1.29, 1.82) is 5.26 Å². The number of nitrogens with one attached hydrogen (secondary N) is 5. The topological polar surface area (TPSA) is 135 Å². The molecule has 1 heterocycles. The zero-order valence-corrected chi connectivity index (χ0v) is 20.3. The maximum absolute atomic E-state index is 13.2. The molecule has 5 N–H and O–H groups in total. The summed E-state index contributed by atoms with van der Waals surface area (Å²) in [5.74, 6) is -3.93. The third-order valence-corrected chi connectivity index (χ3v) is 6.30. The first-order valence-corrected chi connectivity index (χ1v) is 11.8. The van der Waals surface area contributed by atoms with Gasteiger partial charge in [-0.3, -0.25) is 14.4 Å². The number of hydrazine groups is 1. The van der Waals surface area contributed by atoms with Crippen LogP contribution in [-0.4, -0.2) is 48.6 Å². The van der Waals surface area contributed by atoms with Crippen LogP contribution in [0.5, 0.6) is 0 Å². The molecule has 0 radical (unpaired) electrons. The minimum atomic E-state index is -5.16. The van der Waals surface area contributed by atoms with Gasteiger partial charge in [0.2, 0.25) is 11.8 Å². The van der Waals surface area contributed by atoms with E-state index in [4.69, 9.17) is 0 Å². The van der Waals surface area contributed by atoms with Crippen molar-refractivity contribution in [2.45, 2.75) is 70.3 Å². The lowest BCUT2D eigenvalue weighted by Crippen LogP contribution is -2.60. The van der Waals surface area contributed by atoms with Crippen LogP contribution in [0.25, 0.3) is 0 Å². The van der Waals surface area contributed by atoms with E-state index >= 15 is 0 Å². The van der Waals surface area contributed by atoms with Gasteiger partial charge in [-0.25, -0.2) is 5.43 Å². The van der Waals surface area contributed by atoms with Crippen molar-refractivity contribution in [2.24, 2.45) is 11.3 Å². The van der Waals surface area contributed by atoms with Gasteiger partial charge >= 0.3 is 12.1 Å². The maximum Gasteiger partial charge on any atom is 0.471 e. The van der Waals surface area contributed by atoms with Crippen molar-refractivity contribution in [2.75, 3.05) is 12.0 Å². The Kier molecular flexibility index (Phi) is 8.13. The molecule has 3 amide bonds. The molecule has 12 heteroatoms. The smallest absolute Gasteiger partial charge is 0.342 e. The third-order valence-electron chi connectivity index (χ3n) is 6.30. The summed E-state index contributed by atoms with van der Waals surface area (Å²) in [5.41, 5.74) is 6.56. The molecule has 1 saturated carbocycles. The summed E-state index contributed by atoms with van der Waals surface area (Å²) in [7, 11) is 0. The quantitative estimate of drug-likeness (QED) is 0.365. The van der Waals surface area contributed by atoms with E-state index in [-0.39, 0.29) is 18.3 Å². The predicted molar refractivity (Wildman–Crippen MR) is 125 cm³/mol. The molecule has 3 rings (SSSR count). The van der Waals surface area contributed by atoms with E-state index in [1.807, 2.05) is 24.3 Å². The van der Waals surface area contributed by atoms with E-state index in [0.717, 1.165) is 24.1 Å². The molecule has 1 fully saturated rings. The summed E-state index contributed by atoms with van der Waals surface area (Å²) >= 11 is 0. The molecule has 0 saturated heterocycles. The van der Waals surface area contributed by atoms with Gasteiger partial charge < -0.3 is 21.4 Å². The van der Waals surface area contributed by atoms with Gasteiger partial charge in [-0.15, -0.1) is 0 Å². The fraction of sp³-hybridized carbons (Fsp3) is 0.583. The molecule has 0 aromatic heterocycles. The van der Waals surface area contributed by atoms with Crippen LogP contribution in [0, 0.1) is 22.7 Å². The summed E-state index contributed by atoms with van der Waals surface area (Å²) in [6, 6.07) is 5.94. The number of hydrogen-bond acceptors (Lipinski definition) is 6. The second kappa shape index (κ2) is 10.7. The molecular formula is C24H31F3N6O3. The zero-order valence-electron chi connectivity index (χ0n) is 20.3. The van der Waals surface area contributed by atoms with Gasteiger partial charge in [0.25, 0.3) is 0 Å². The summed E-state index contributed by atoms with van der Waals surface area (Å²) < 4.78 is 38.5. The van der Waals surface area contributed by atoms with Crippen LogP contribution in [0.4, 0.5) is 18.9 Å². The third kappa shape index (κ3) is 6.87. The van der Waals surface area contributed by atoms with E-state index in [0.29, 0.717) is 6.54 Å². The van der Waals surface area contributed by atoms with Crippen molar-refractivity contribution in [3.05, 3.63) is 29.8 Å². The number of amides is 3. The fourth-order valence-corrected chi connectivity index (χ4v) is 4.14. The van der Waals surface area contributed by atoms with Crippen molar-refractivity contribution >= 4 is 23.4 Å². The lowest BCUT2D eigenvalue weighted by molar-refractivity contribution is -0.175. The summed E-state index contributed by atoms with van der Waals surface area (Å²) in [4.78, 5) is 37.8. The number of carbonyl (C=O) groups is 3.